The molecule has 8 nitrogen and oxygen atoms in total. The van der Waals surface area contributed by atoms with Crippen LogP contribution in [0.15, 0.2) is 78.9 Å². The van der Waals surface area contributed by atoms with E-state index in [0.29, 0.717) is 18.8 Å². The first-order valence-electron chi connectivity index (χ1n) is 14.3. The fourth-order valence-corrected chi connectivity index (χ4v) is 6.54. The lowest BCUT2D eigenvalue weighted by Crippen LogP contribution is -2.59. The highest BCUT2D eigenvalue weighted by atomic mass is 32.2. The van der Waals surface area contributed by atoms with Gasteiger partial charge in [0.1, 0.15) is 6.04 Å². The van der Waals surface area contributed by atoms with Crippen LogP contribution in [0.25, 0.3) is 0 Å². The maximum absolute atomic E-state index is 13.9. The van der Waals surface area contributed by atoms with Crippen LogP contribution in [-0.4, -0.2) is 69.8 Å². The molecular weight excluding hydrogens is 579 g/mol. The molecule has 1 saturated heterocycles. The van der Waals surface area contributed by atoms with E-state index in [9.17, 15) is 14.7 Å². The van der Waals surface area contributed by atoms with Crippen LogP contribution >= 0.6 is 24.0 Å². The highest BCUT2D eigenvalue weighted by Gasteiger charge is 2.49. The topological polar surface area (TPSA) is 96.9 Å². The molecule has 228 valence electrons. The average Bonchev–Trinajstić information content (AvgIpc) is 3.31. The van der Waals surface area contributed by atoms with Gasteiger partial charge in [-0.25, -0.2) is 0 Å². The van der Waals surface area contributed by atoms with Crippen LogP contribution in [0.3, 0.4) is 0 Å². The monoisotopic (exact) mass is 619 g/mol. The molecule has 1 fully saturated rings. The van der Waals surface area contributed by atoms with Crippen molar-refractivity contribution >= 4 is 52.3 Å². The van der Waals surface area contributed by atoms with Gasteiger partial charge in [0.15, 0.2) is 11.2 Å². The van der Waals surface area contributed by atoms with Gasteiger partial charge in [-0.2, -0.15) is 0 Å². The molecule has 3 aromatic carbocycles. The number of thioether (sulfide) groups is 1. The summed E-state index contributed by atoms with van der Waals surface area (Å²) in [5, 5.41) is 21.2. The number of benzene rings is 3. The van der Waals surface area contributed by atoms with Gasteiger partial charge >= 0.3 is 0 Å². The SMILES string of the molecule is Cc1ccccc1CNC(=O)C1N(C(=O)C(O)C(Cc2ccccc2)NC(=S)Nc2ccc(N(C)C)cc2)CSC1(C)C. The number of nitrogens with one attached hydrogen (secondary N) is 3. The van der Waals surface area contributed by atoms with Crippen molar-refractivity contribution in [2.24, 2.45) is 0 Å². The minimum atomic E-state index is -1.45. The standard InChI is InChI=1S/C33H41N5O3S2/c1-22-11-9-10-14-24(22)20-34-30(40)29-33(2,3)43-21-38(29)31(41)28(39)27(19-23-12-7-6-8-13-23)36-32(42)35-25-15-17-26(18-16-25)37(4)5/h6-18,27-29,39H,19-21H2,1-5H3,(H,34,40)(H2,35,36,42). The number of aliphatic hydroxyl groups excluding tert-OH is 1. The summed E-state index contributed by atoms with van der Waals surface area (Å²) in [5.41, 5.74) is 4.87. The number of aryl methyl sites for hydroxylation is 1. The van der Waals surface area contributed by atoms with Crippen LogP contribution in [0.4, 0.5) is 11.4 Å². The Morgan fingerprint density at radius 1 is 1.05 bits per heavy atom. The van der Waals surface area contributed by atoms with Crippen molar-refractivity contribution in [3.8, 4) is 0 Å². The largest absolute Gasteiger partial charge is 0.381 e. The molecule has 3 unspecified atom stereocenters. The Hall–Kier alpha value is -3.60. The highest BCUT2D eigenvalue weighted by Crippen LogP contribution is 2.40. The lowest BCUT2D eigenvalue weighted by molar-refractivity contribution is -0.147. The number of rotatable bonds is 10. The fraction of sp³-hybridized carbons (Fsp3) is 0.364. The third-order valence-corrected chi connectivity index (χ3v) is 9.28. The average molecular weight is 620 g/mol. The number of anilines is 2. The van der Waals surface area contributed by atoms with Gasteiger partial charge in [-0.05, 0) is 80.4 Å². The molecule has 0 radical (unpaired) electrons. The molecule has 2 amide bonds. The second kappa shape index (κ2) is 14.2. The summed E-state index contributed by atoms with van der Waals surface area (Å²) in [5.74, 6) is -0.463. The Bertz CT molecular complexity index is 1420. The lowest BCUT2D eigenvalue weighted by atomic mass is 9.97. The van der Waals surface area contributed by atoms with Gasteiger partial charge in [-0.15, -0.1) is 11.8 Å². The molecule has 1 heterocycles. The Morgan fingerprint density at radius 2 is 1.70 bits per heavy atom. The number of nitrogens with zero attached hydrogens (tertiary/aromatic N) is 2. The molecule has 3 aromatic rings. The predicted molar refractivity (Wildman–Crippen MR) is 180 cm³/mol. The zero-order chi connectivity index (χ0) is 31.1. The minimum Gasteiger partial charge on any atom is -0.381 e. The number of hydrogen-bond donors (Lipinski definition) is 4. The molecule has 4 N–H and O–H groups in total. The van der Waals surface area contributed by atoms with Gasteiger partial charge in [-0.1, -0.05) is 54.6 Å². The summed E-state index contributed by atoms with van der Waals surface area (Å²) in [6, 6.07) is 23.8. The smallest absolute Gasteiger partial charge is 0.254 e. The van der Waals surface area contributed by atoms with Crippen molar-refractivity contribution in [3.05, 3.63) is 95.6 Å². The Kier molecular flexibility index (Phi) is 10.7. The van der Waals surface area contributed by atoms with Gasteiger partial charge in [0.25, 0.3) is 5.91 Å². The first-order valence-corrected chi connectivity index (χ1v) is 15.7. The molecule has 0 saturated carbocycles. The number of thiocarbonyl (C=S) groups is 1. The first-order chi connectivity index (χ1) is 20.5. The van der Waals surface area contributed by atoms with Gasteiger partial charge in [0.05, 0.1) is 11.9 Å². The van der Waals surface area contributed by atoms with Crippen LogP contribution in [-0.2, 0) is 22.6 Å². The van der Waals surface area contributed by atoms with Gasteiger partial charge in [0.2, 0.25) is 5.91 Å². The number of aliphatic hydroxyl groups is 1. The van der Waals surface area contributed by atoms with E-state index in [2.05, 4.69) is 16.0 Å². The van der Waals surface area contributed by atoms with Gasteiger partial charge in [-0.3, -0.25) is 9.59 Å². The summed E-state index contributed by atoms with van der Waals surface area (Å²) in [6.07, 6.45) is -1.10. The molecule has 0 bridgehead atoms. The summed E-state index contributed by atoms with van der Waals surface area (Å²) in [7, 11) is 3.94. The molecule has 1 aliphatic rings. The molecule has 10 heteroatoms. The number of amides is 2. The van der Waals surface area contributed by atoms with E-state index >= 15 is 0 Å². The van der Waals surface area contributed by atoms with Crippen molar-refractivity contribution < 1.29 is 14.7 Å². The van der Waals surface area contributed by atoms with Crippen LogP contribution in [0.2, 0.25) is 0 Å². The Balaban J connectivity index is 1.50. The third-order valence-electron chi connectivity index (χ3n) is 7.68. The van der Waals surface area contributed by atoms with Crippen LogP contribution in [0.1, 0.15) is 30.5 Å². The fourth-order valence-electron chi connectivity index (χ4n) is 5.13. The van der Waals surface area contributed by atoms with E-state index in [-0.39, 0.29) is 11.0 Å². The molecule has 43 heavy (non-hydrogen) atoms. The second-order valence-electron chi connectivity index (χ2n) is 11.5. The molecule has 3 atom stereocenters. The van der Waals surface area contributed by atoms with Gasteiger partial charge in [0, 0.05) is 36.8 Å². The van der Waals surface area contributed by atoms with E-state index in [4.69, 9.17) is 12.2 Å². The predicted octanol–water partition coefficient (Wildman–Crippen LogP) is 4.32. The van der Waals surface area contributed by atoms with Crippen molar-refractivity contribution in [1.29, 1.82) is 0 Å². The summed E-state index contributed by atoms with van der Waals surface area (Å²) in [4.78, 5) is 31.0. The van der Waals surface area contributed by atoms with Crippen LogP contribution in [0.5, 0.6) is 0 Å². The molecule has 0 spiro atoms. The van der Waals surface area contributed by atoms with Crippen molar-refractivity contribution in [3.63, 3.8) is 0 Å². The Morgan fingerprint density at radius 3 is 2.35 bits per heavy atom. The highest BCUT2D eigenvalue weighted by molar-refractivity contribution is 8.00. The summed E-state index contributed by atoms with van der Waals surface area (Å²) >= 11 is 7.13. The Labute approximate surface area is 264 Å². The van der Waals surface area contributed by atoms with E-state index in [1.807, 2.05) is 119 Å². The number of hydrogen-bond acceptors (Lipinski definition) is 6. The van der Waals surface area contributed by atoms with Crippen molar-refractivity contribution in [1.82, 2.24) is 15.5 Å². The first kappa shape index (κ1) is 32.3. The zero-order valence-corrected chi connectivity index (χ0v) is 27.0. The van der Waals surface area contributed by atoms with Crippen LogP contribution < -0.4 is 20.9 Å². The van der Waals surface area contributed by atoms with E-state index in [1.165, 1.54) is 16.7 Å². The maximum Gasteiger partial charge on any atom is 0.254 e. The van der Waals surface area contributed by atoms with E-state index in [0.717, 1.165) is 28.1 Å². The lowest BCUT2D eigenvalue weighted by Gasteiger charge is -2.33. The molecule has 0 aliphatic carbocycles. The quantitative estimate of drug-likeness (QED) is 0.250. The molecule has 4 rings (SSSR count). The normalized spacial score (nSPS) is 17.1. The molecule has 1 aliphatic heterocycles. The summed E-state index contributed by atoms with van der Waals surface area (Å²) < 4.78 is -0.539. The third kappa shape index (κ3) is 8.28. The molecule has 0 aromatic heterocycles. The second-order valence-corrected chi connectivity index (χ2v) is 13.5. The number of carbonyl (C=O) groups excluding carboxylic acids is 2. The van der Waals surface area contributed by atoms with Crippen LogP contribution in [0, 0.1) is 6.92 Å². The van der Waals surface area contributed by atoms with Crippen molar-refractivity contribution in [2.45, 2.75) is 56.7 Å². The van der Waals surface area contributed by atoms with Gasteiger partial charge < -0.3 is 30.9 Å². The summed E-state index contributed by atoms with van der Waals surface area (Å²) in [6.45, 7) is 6.27. The zero-order valence-electron chi connectivity index (χ0n) is 25.3. The molecular formula is C33H41N5O3S2. The maximum atomic E-state index is 13.9. The minimum absolute atomic E-state index is 0.246. The number of carbonyl (C=O) groups is 2. The van der Waals surface area contributed by atoms with Crippen molar-refractivity contribution in [2.75, 3.05) is 30.2 Å². The van der Waals surface area contributed by atoms with E-state index < -0.39 is 28.8 Å². The van der Waals surface area contributed by atoms with E-state index in [1.54, 1.807) is 0 Å².